The lowest BCUT2D eigenvalue weighted by molar-refractivity contribution is 0.294. The molecule has 2 heterocycles. The molecule has 0 amide bonds. The maximum Gasteiger partial charge on any atom is 0.142 e. The van der Waals surface area contributed by atoms with Crippen LogP contribution in [-0.2, 0) is 20.2 Å². The van der Waals surface area contributed by atoms with Gasteiger partial charge in [0.15, 0.2) is 0 Å². The summed E-state index contributed by atoms with van der Waals surface area (Å²) >= 11 is 0. The highest BCUT2D eigenvalue weighted by molar-refractivity contribution is 5.29. The van der Waals surface area contributed by atoms with Gasteiger partial charge in [-0.15, -0.1) is 0 Å². The smallest absolute Gasteiger partial charge is 0.142 e. The van der Waals surface area contributed by atoms with E-state index < -0.39 is 0 Å². The van der Waals surface area contributed by atoms with E-state index in [1.165, 1.54) is 12.8 Å². The summed E-state index contributed by atoms with van der Waals surface area (Å²) in [7, 11) is 1.90. The first kappa shape index (κ1) is 13.1. The van der Waals surface area contributed by atoms with Crippen molar-refractivity contribution in [3.63, 3.8) is 0 Å². The molecule has 5 heteroatoms. The van der Waals surface area contributed by atoms with E-state index in [0.29, 0.717) is 12.6 Å². The van der Waals surface area contributed by atoms with E-state index in [9.17, 15) is 0 Å². The van der Waals surface area contributed by atoms with Crippen molar-refractivity contribution in [1.29, 1.82) is 0 Å². The first-order chi connectivity index (χ1) is 9.70. The molecule has 106 valence electrons. The number of hydrogen-bond acceptors (Lipinski definition) is 4. The summed E-state index contributed by atoms with van der Waals surface area (Å²) < 4.78 is 7.65. The molecule has 20 heavy (non-hydrogen) atoms. The number of aromatic nitrogens is 3. The van der Waals surface area contributed by atoms with Gasteiger partial charge in [-0.1, -0.05) is 0 Å². The Balaban J connectivity index is 1.66. The Hall–Kier alpha value is -1.88. The van der Waals surface area contributed by atoms with Gasteiger partial charge in [0.25, 0.3) is 0 Å². The van der Waals surface area contributed by atoms with Gasteiger partial charge in [0.1, 0.15) is 12.4 Å². The zero-order valence-corrected chi connectivity index (χ0v) is 12.0. The SMILES string of the molecule is Cc1ccc(OCc2ccn(C)n2)c(CNC2CC2)n1. The Bertz CT molecular complexity index is 589. The van der Waals surface area contributed by atoms with Crippen molar-refractivity contribution in [3.8, 4) is 5.75 Å². The minimum absolute atomic E-state index is 0.474. The molecule has 0 aromatic carbocycles. The minimum Gasteiger partial charge on any atom is -0.485 e. The van der Waals surface area contributed by atoms with Crippen LogP contribution in [0.2, 0.25) is 0 Å². The number of ether oxygens (including phenoxy) is 1. The van der Waals surface area contributed by atoms with E-state index in [-0.39, 0.29) is 0 Å². The Morgan fingerprint density at radius 1 is 1.35 bits per heavy atom. The molecular weight excluding hydrogens is 252 g/mol. The van der Waals surface area contributed by atoms with Crippen molar-refractivity contribution in [2.45, 2.75) is 39.0 Å². The van der Waals surface area contributed by atoms with Crippen LogP contribution in [0.4, 0.5) is 0 Å². The summed E-state index contributed by atoms with van der Waals surface area (Å²) in [6.45, 7) is 3.25. The molecular formula is C15H20N4O. The van der Waals surface area contributed by atoms with E-state index in [2.05, 4.69) is 15.4 Å². The van der Waals surface area contributed by atoms with E-state index >= 15 is 0 Å². The predicted molar refractivity (Wildman–Crippen MR) is 76.4 cm³/mol. The van der Waals surface area contributed by atoms with Gasteiger partial charge in [-0.05, 0) is 38.0 Å². The molecule has 3 rings (SSSR count). The summed E-state index contributed by atoms with van der Waals surface area (Å²) in [4.78, 5) is 4.58. The van der Waals surface area contributed by atoms with Crippen molar-refractivity contribution < 1.29 is 4.74 Å². The van der Waals surface area contributed by atoms with Crippen LogP contribution in [-0.4, -0.2) is 20.8 Å². The maximum absolute atomic E-state index is 5.87. The fraction of sp³-hybridized carbons (Fsp3) is 0.467. The third-order valence-electron chi connectivity index (χ3n) is 3.35. The van der Waals surface area contributed by atoms with Gasteiger partial charge in [-0.25, -0.2) is 0 Å². The van der Waals surface area contributed by atoms with Crippen molar-refractivity contribution >= 4 is 0 Å². The van der Waals surface area contributed by atoms with Gasteiger partial charge in [0.2, 0.25) is 0 Å². The summed E-state index contributed by atoms with van der Waals surface area (Å²) in [6.07, 6.45) is 4.47. The van der Waals surface area contributed by atoms with E-state index in [4.69, 9.17) is 4.74 Å². The second kappa shape index (κ2) is 5.63. The van der Waals surface area contributed by atoms with E-state index in [1.54, 1.807) is 4.68 Å². The zero-order valence-electron chi connectivity index (χ0n) is 12.0. The Labute approximate surface area is 119 Å². The third-order valence-corrected chi connectivity index (χ3v) is 3.35. The number of nitrogens with zero attached hydrogens (tertiary/aromatic N) is 3. The highest BCUT2D eigenvalue weighted by atomic mass is 16.5. The van der Waals surface area contributed by atoms with Crippen LogP contribution in [0.15, 0.2) is 24.4 Å². The molecule has 0 aliphatic heterocycles. The van der Waals surface area contributed by atoms with Gasteiger partial charge in [-0.2, -0.15) is 5.10 Å². The largest absolute Gasteiger partial charge is 0.485 e. The molecule has 0 spiro atoms. The molecule has 2 aromatic rings. The van der Waals surface area contributed by atoms with Gasteiger partial charge < -0.3 is 10.1 Å². The van der Waals surface area contributed by atoms with Gasteiger partial charge >= 0.3 is 0 Å². The highest BCUT2D eigenvalue weighted by Crippen LogP contribution is 2.22. The quantitative estimate of drug-likeness (QED) is 0.873. The Morgan fingerprint density at radius 3 is 2.90 bits per heavy atom. The highest BCUT2D eigenvalue weighted by Gasteiger charge is 2.21. The second-order valence-electron chi connectivity index (χ2n) is 5.32. The van der Waals surface area contributed by atoms with Gasteiger partial charge in [-0.3, -0.25) is 9.67 Å². The molecule has 0 unspecified atom stereocenters. The lowest BCUT2D eigenvalue weighted by atomic mass is 10.2. The van der Waals surface area contributed by atoms with Crippen molar-refractivity contribution in [1.82, 2.24) is 20.1 Å². The van der Waals surface area contributed by atoms with Crippen LogP contribution in [0.3, 0.4) is 0 Å². The number of nitrogens with one attached hydrogen (secondary N) is 1. The summed E-state index contributed by atoms with van der Waals surface area (Å²) in [5.74, 6) is 0.842. The monoisotopic (exact) mass is 272 g/mol. The topological polar surface area (TPSA) is 52.0 Å². The van der Waals surface area contributed by atoms with Gasteiger partial charge in [0.05, 0.1) is 11.4 Å². The number of pyridine rings is 1. The summed E-state index contributed by atoms with van der Waals surface area (Å²) in [6, 6.07) is 6.61. The Kier molecular flexibility index (Phi) is 3.69. The average Bonchev–Trinajstić information content (AvgIpc) is 3.17. The lowest BCUT2D eigenvalue weighted by Gasteiger charge is -2.11. The molecule has 0 radical (unpaired) electrons. The molecule has 1 saturated carbocycles. The summed E-state index contributed by atoms with van der Waals surface area (Å²) in [5, 5.41) is 7.79. The third kappa shape index (κ3) is 3.36. The second-order valence-corrected chi connectivity index (χ2v) is 5.32. The fourth-order valence-electron chi connectivity index (χ4n) is 2.08. The molecule has 0 bridgehead atoms. The maximum atomic E-state index is 5.87. The molecule has 0 saturated heterocycles. The molecule has 5 nitrogen and oxygen atoms in total. The average molecular weight is 272 g/mol. The first-order valence-electron chi connectivity index (χ1n) is 7.02. The molecule has 1 aliphatic rings. The van der Waals surface area contributed by atoms with Crippen LogP contribution >= 0.6 is 0 Å². The van der Waals surface area contributed by atoms with E-state index in [0.717, 1.165) is 29.4 Å². The number of hydrogen-bond donors (Lipinski definition) is 1. The molecule has 1 N–H and O–H groups in total. The minimum atomic E-state index is 0.474. The number of aryl methyl sites for hydroxylation is 2. The van der Waals surface area contributed by atoms with Crippen molar-refractivity contribution in [2.24, 2.45) is 7.05 Å². The van der Waals surface area contributed by atoms with E-state index in [1.807, 2.05) is 38.4 Å². The fourth-order valence-corrected chi connectivity index (χ4v) is 2.08. The standard InChI is InChI=1S/C15H20N4O/c1-11-3-6-15(14(17-11)9-16-12-4-5-12)20-10-13-7-8-19(2)18-13/h3,6-8,12,16H,4-5,9-10H2,1-2H3. The lowest BCUT2D eigenvalue weighted by Crippen LogP contribution is -2.17. The van der Waals surface area contributed by atoms with Crippen molar-refractivity contribution in [2.75, 3.05) is 0 Å². The van der Waals surface area contributed by atoms with Gasteiger partial charge in [0, 0.05) is 31.5 Å². The molecule has 1 aliphatic carbocycles. The van der Waals surface area contributed by atoms with Crippen LogP contribution in [0.1, 0.15) is 29.9 Å². The summed E-state index contributed by atoms with van der Waals surface area (Å²) in [5.41, 5.74) is 2.92. The van der Waals surface area contributed by atoms with Crippen molar-refractivity contribution in [3.05, 3.63) is 41.5 Å². The Morgan fingerprint density at radius 2 is 2.20 bits per heavy atom. The van der Waals surface area contributed by atoms with Crippen LogP contribution in [0.5, 0.6) is 5.75 Å². The molecule has 0 atom stereocenters. The van der Waals surface area contributed by atoms with Crippen LogP contribution in [0.25, 0.3) is 0 Å². The van der Waals surface area contributed by atoms with Crippen LogP contribution < -0.4 is 10.1 Å². The normalized spacial score (nSPS) is 14.5. The zero-order chi connectivity index (χ0) is 13.9. The number of rotatable bonds is 6. The predicted octanol–water partition coefficient (Wildman–Crippen LogP) is 1.95. The first-order valence-corrected chi connectivity index (χ1v) is 7.02. The molecule has 2 aromatic heterocycles. The van der Waals surface area contributed by atoms with Crippen LogP contribution in [0, 0.1) is 6.92 Å². The molecule has 1 fully saturated rings.